The minimum atomic E-state index is 0. The maximum atomic E-state index is 5.44. The van der Waals surface area contributed by atoms with Gasteiger partial charge in [0.25, 0.3) is 0 Å². The van der Waals surface area contributed by atoms with Gasteiger partial charge < -0.3 is 26.2 Å². The molecule has 0 aliphatic carbocycles. The number of methoxy groups -OCH3 is 1. The van der Waals surface area contributed by atoms with Gasteiger partial charge in [0.2, 0.25) is 0 Å². The Labute approximate surface area is 142 Å². The van der Waals surface area contributed by atoms with E-state index in [0.29, 0.717) is 0 Å². The average Bonchev–Trinajstić information content (AvgIpc) is 2.47. The lowest BCUT2D eigenvalue weighted by Gasteiger charge is -2.30. The van der Waals surface area contributed by atoms with Crippen molar-refractivity contribution in [3.05, 3.63) is 60.2 Å². The number of quaternary nitrogens is 1. The number of hydrogen-bond acceptors (Lipinski definition) is 2. The van der Waals surface area contributed by atoms with Gasteiger partial charge in [0.05, 0.1) is 21.2 Å². The Balaban J connectivity index is 0.00000220. The molecule has 2 aromatic carbocycles. The van der Waals surface area contributed by atoms with Crippen LogP contribution in [0.2, 0.25) is 0 Å². The van der Waals surface area contributed by atoms with Crippen LogP contribution in [-0.4, -0.2) is 31.6 Å². The lowest BCUT2D eigenvalue weighted by molar-refractivity contribution is -0.891. The van der Waals surface area contributed by atoms with Crippen LogP contribution in [0.4, 0.5) is 0 Å². The molecule has 2 rings (SSSR count). The first-order valence-corrected chi connectivity index (χ1v) is 7.71. The Morgan fingerprint density at radius 3 is 2.24 bits per heavy atom. The van der Waals surface area contributed by atoms with Crippen LogP contribution < -0.4 is 21.7 Å². The molecule has 21 heavy (non-hydrogen) atoms. The molecule has 2 aromatic rings. The minimum absolute atomic E-state index is 0. The molecule has 0 atom stereocenters. The number of hydrogen-bond donors (Lipinski definition) is 0. The van der Waals surface area contributed by atoms with E-state index in [1.807, 2.05) is 23.9 Å². The highest BCUT2D eigenvalue weighted by molar-refractivity contribution is 7.99. The maximum absolute atomic E-state index is 5.44. The van der Waals surface area contributed by atoms with E-state index < -0.39 is 0 Å². The topological polar surface area (TPSA) is 9.23 Å². The Morgan fingerprint density at radius 1 is 0.952 bits per heavy atom. The number of rotatable bonds is 6. The van der Waals surface area contributed by atoms with Crippen molar-refractivity contribution in [1.29, 1.82) is 0 Å². The molecule has 0 heterocycles. The van der Waals surface area contributed by atoms with Crippen LogP contribution >= 0.6 is 11.8 Å². The zero-order valence-corrected chi connectivity index (χ0v) is 15.2. The fourth-order valence-corrected chi connectivity index (χ4v) is 3.05. The summed E-state index contributed by atoms with van der Waals surface area (Å²) in [5, 5.41) is 0. The largest absolute Gasteiger partial charge is 1.00 e. The van der Waals surface area contributed by atoms with Gasteiger partial charge in [-0.2, -0.15) is 0 Å². The molecule has 0 saturated heterocycles. The second kappa shape index (κ2) is 8.47. The smallest absolute Gasteiger partial charge is 0.130 e. The van der Waals surface area contributed by atoms with Crippen molar-refractivity contribution in [1.82, 2.24) is 0 Å². The van der Waals surface area contributed by atoms with Crippen molar-refractivity contribution in [2.24, 2.45) is 0 Å². The van der Waals surface area contributed by atoms with Gasteiger partial charge in [0.15, 0.2) is 0 Å². The van der Waals surface area contributed by atoms with Gasteiger partial charge in [-0.1, -0.05) is 42.1 Å². The van der Waals surface area contributed by atoms with Crippen LogP contribution in [0.1, 0.15) is 5.56 Å². The van der Waals surface area contributed by atoms with Gasteiger partial charge in [0, 0.05) is 10.5 Å². The molecule has 2 nitrogen and oxygen atoms in total. The molecule has 0 N–H and O–H groups in total. The van der Waals surface area contributed by atoms with Crippen LogP contribution in [-0.2, 0) is 6.54 Å². The van der Waals surface area contributed by atoms with E-state index in [1.54, 1.807) is 7.11 Å². The molecule has 4 heteroatoms. The molecule has 0 unspecified atom stereocenters. The average molecular weight is 368 g/mol. The highest BCUT2D eigenvalue weighted by Crippen LogP contribution is 2.25. The maximum Gasteiger partial charge on any atom is 0.130 e. The number of nitrogens with zero attached hydrogens (tertiary/aromatic N) is 1. The van der Waals surface area contributed by atoms with Crippen molar-refractivity contribution in [2.75, 3.05) is 27.1 Å². The summed E-state index contributed by atoms with van der Waals surface area (Å²) in [6.07, 6.45) is 0. The van der Waals surface area contributed by atoms with E-state index in [2.05, 4.69) is 56.6 Å². The molecular formula is C17H22BrNOS. The summed E-state index contributed by atoms with van der Waals surface area (Å²) in [7, 11) is 6.24. The Hall–Kier alpha value is -0.970. The van der Waals surface area contributed by atoms with Gasteiger partial charge in [-0.3, -0.25) is 0 Å². The Bertz CT molecular complexity index is 545. The third-order valence-electron chi connectivity index (χ3n) is 3.11. The minimum Gasteiger partial charge on any atom is -1.00 e. The fourth-order valence-electron chi connectivity index (χ4n) is 2.11. The van der Waals surface area contributed by atoms with Gasteiger partial charge in [-0.05, 0) is 24.3 Å². The second-order valence-corrected chi connectivity index (χ2v) is 6.51. The van der Waals surface area contributed by atoms with Crippen LogP contribution in [0.25, 0.3) is 0 Å². The predicted octanol–water partition coefficient (Wildman–Crippen LogP) is 1.03. The molecule has 0 fully saturated rings. The number of halogens is 1. The molecule has 114 valence electrons. The van der Waals surface area contributed by atoms with Crippen LogP contribution in [0, 0.1) is 0 Å². The summed E-state index contributed by atoms with van der Waals surface area (Å²) in [6, 6.07) is 18.8. The summed E-state index contributed by atoms with van der Waals surface area (Å²) in [6.45, 7) is 0.962. The summed E-state index contributed by atoms with van der Waals surface area (Å²) < 4.78 is 6.35. The highest BCUT2D eigenvalue weighted by Gasteiger charge is 2.18. The molecule has 0 radical (unpaired) electrons. The fraction of sp³-hybridized carbons (Fsp3) is 0.294. The normalized spacial score (nSPS) is 10.8. The molecule has 0 aliphatic rings. The molecule has 0 bridgehead atoms. The Kier molecular flexibility index (Phi) is 7.29. The predicted molar refractivity (Wildman–Crippen MR) is 86.0 cm³/mol. The molecule has 0 aliphatic heterocycles. The van der Waals surface area contributed by atoms with Crippen molar-refractivity contribution < 1.29 is 26.2 Å². The first-order valence-electron chi connectivity index (χ1n) is 6.72. The van der Waals surface area contributed by atoms with Crippen molar-refractivity contribution in [2.45, 2.75) is 11.4 Å². The molecule has 0 spiro atoms. The number of ether oxygens (including phenoxy) is 1. The zero-order valence-electron chi connectivity index (χ0n) is 12.8. The van der Waals surface area contributed by atoms with Gasteiger partial charge in [-0.25, -0.2) is 0 Å². The van der Waals surface area contributed by atoms with Gasteiger partial charge in [-0.15, -0.1) is 0 Å². The summed E-state index contributed by atoms with van der Waals surface area (Å²) in [5.41, 5.74) is 1.26. The quantitative estimate of drug-likeness (QED) is 0.428. The summed E-state index contributed by atoms with van der Waals surface area (Å²) in [4.78, 5) is 1.32. The van der Waals surface area contributed by atoms with Gasteiger partial charge in [0.1, 0.15) is 18.2 Å². The Morgan fingerprint density at radius 2 is 1.57 bits per heavy atom. The van der Waals surface area contributed by atoms with Crippen LogP contribution in [0.15, 0.2) is 59.5 Å². The van der Waals surface area contributed by atoms with Crippen molar-refractivity contribution in [3.63, 3.8) is 0 Å². The summed E-state index contributed by atoms with van der Waals surface area (Å²) in [5.74, 6) is 2.01. The third kappa shape index (κ3) is 5.73. The van der Waals surface area contributed by atoms with E-state index in [0.717, 1.165) is 22.7 Å². The molecule has 0 aromatic heterocycles. The lowest BCUT2D eigenvalue weighted by atomic mass is 10.2. The van der Waals surface area contributed by atoms with Gasteiger partial charge >= 0.3 is 0 Å². The first-order chi connectivity index (χ1) is 9.61. The molecule has 0 saturated carbocycles. The third-order valence-corrected chi connectivity index (χ3v) is 4.55. The van der Waals surface area contributed by atoms with E-state index in [1.165, 1.54) is 10.5 Å². The van der Waals surface area contributed by atoms with E-state index >= 15 is 0 Å². The summed E-state index contributed by atoms with van der Waals surface area (Å²) >= 11 is 1.89. The SMILES string of the molecule is COc1ccccc1C[N+](C)(C)CSc1ccccc1.[Br-]. The lowest BCUT2D eigenvalue weighted by Crippen LogP contribution is -3.00. The number of benzene rings is 2. The molecule has 0 amide bonds. The van der Waals surface area contributed by atoms with Crippen LogP contribution in [0.3, 0.4) is 0 Å². The zero-order chi connectivity index (χ0) is 14.4. The van der Waals surface area contributed by atoms with E-state index in [-0.39, 0.29) is 17.0 Å². The number of para-hydroxylation sites is 1. The van der Waals surface area contributed by atoms with E-state index in [4.69, 9.17) is 4.74 Å². The van der Waals surface area contributed by atoms with Crippen LogP contribution in [0.5, 0.6) is 5.75 Å². The number of thioether (sulfide) groups is 1. The highest BCUT2D eigenvalue weighted by atomic mass is 79.9. The standard InChI is InChI=1S/C17H22NOS.BrH/c1-18(2,14-20-16-10-5-4-6-11-16)13-15-9-7-8-12-17(15)19-3;/h4-12H,13-14H2,1-3H3;1H/q+1;/p-1. The second-order valence-electron chi connectivity index (χ2n) is 5.49. The monoisotopic (exact) mass is 367 g/mol. The molecular weight excluding hydrogens is 346 g/mol. The van der Waals surface area contributed by atoms with Crippen molar-refractivity contribution >= 4 is 11.8 Å². The van der Waals surface area contributed by atoms with E-state index in [9.17, 15) is 0 Å². The van der Waals surface area contributed by atoms with Crippen molar-refractivity contribution in [3.8, 4) is 5.75 Å². The first kappa shape index (κ1) is 18.1.